The lowest BCUT2D eigenvalue weighted by Crippen LogP contribution is -2.33. The van der Waals surface area contributed by atoms with E-state index in [0.29, 0.717) is 5.25 Å². The second-order valence-corrected chi connectivity index (χ2v) is 5.67. The first kappa shape index (κ1) is 11.9. The molecule has 0 saturated carbocycles. The number of halogens is 1. The molecule has 1 aromatic rings. The van der Waals surface area contributed by atoms with Crippen LogP contribution < -0.4 is 5.32 Å². The van der Waals surface area contributed by atoms with Crippen LogP contribution in [0.1, 0.15) is 36.6 Å². The molecule has 16 heavy (non-hydrogen) atoms. The van der Waals surface area contributed by atoms with Gasteiger partial charge in [-0.05, 0) is 30.7 Å². The molecule has 1 aromatic carbocycles. The second kappa shape index (κ2) is 4.76. The summed E-state index contributed by atoms with van der Waals surface area (Å²) in [5, 5.41) is 3.83. The summed E-state index contributed by atoms with van der Waals surface area (Å²) >= 11 is 1.90. The number of hydrogen-bond donors (Lipinski definition) is 1. The third kappa shape index (κ3) is 1.98. The highest BCUT2D eigenvalue weighted by molar-refractivity contribution is 7.99. The van der Waals surface area contributed by atoms with Crippen LogP contribution in [0.25, 0.3) is 0 Å². The first-order valence-corrected chi connectivity index (χ1v) is 6.83. The molecule has 0 saturated heterocycles. The Labute approximate surface area is 101 Å². The molecule has 1 aliphatic rings. The first-order chi connectivity index (χ1) is 7.65. The minimum Gasteiger partial charge on any atom is -0.309 e. The maximum absolute atomic E-state index is 13.9. The van der Waals surface area contributed by atoms with Gasteiger partial charge >= 0.3 is 0 Å². The molecule has 0 radical (unpaired) electrons. The van der Waals surface area contributed by atoms with Crippen LogP contribution in [0.15, 0.2) is 12.1 Å². The van der Waals surface area contributed by atoms with Crippen molar-refractivity contribution in [2.45, 2.75) is 37.8 Å². The van der Waals surface area contributed by atoms with Crippen molar-refractivity contribution in [1.82, 2.24) is 5.32 Å². The summed E-state index contributed by atoms with van der Waals surface area (Å²) in [6, 6.07) is 3.63. The molecule has 2 unspecified atom stereocenters. The number of hydrogen-bond acceptors (Lipinski definition) is 2. The highest BCUT2D eigenvalue weighted by Crippen LogP contribution is 2.39. The summed E-state index contributed by atoms with van der Waals surface area (Å²) in [6.07, 6.45) is 0. The maximum Gasteiger partial charge on any atom is 0.128 e. The number of benzene rings is 1. The average molecular weight is 239 g/mol. The smallest absolute Gasteiger partial charge is 0.128 e. The van der Waals surface area contributed by atoms with Crippen molar-refractivity contribution in [2.24, 2.45) is 0 Å². The molecule has 0 fully saturated rings. The van der Waals surface area contributed by atoms with Crippen LogP contribution in [-0.2, 0) is 5.75 Å². The van der Waals surface area contributed by atoms with Gasteiger partial charge in [-0.1, -0.05) is 19.9 Å². The molecule has 1 aliphatic heterocycles. The molecule has 0 aromatic heterocycles. The van der Waals surface area contributed by atoms with Crippen LogP contribution >= 0.6 is 11.8 Å². The van der Waals surface area contributed by atoms with Crippen molar-refractivity contribution < 1.29 is 4.39 Å². The van der Waals surface area contributed by atoms with E-state index >= 15 is 0 Å². The van der Waals surface area contributed by atoms with E-state index in [9.17, 15) is 4.39 Å². The Kier molecular flexibility index (Phi) is 3.55. The minimum atomic E-state index is -0.0568. The van der Waals surface area contributed by atoms with Crippen molar-refractivity contribution >= 4 is 11.8 Å². The van der Waals surface area contributed by atoms with Crippen LogP contribution in [-0.4, -0.2) is 11.8 Å². The van der Waals surface area contributed by atoms with Gasteiger partial charge in [0.15, 0.2) is 0 Å². The Morgan fingerprint density at radius 1 is 1.50 bits per heavy atom. The quantitative estimate of drug-likeness (QED) is 0.848. The van der Waals surface area contributed by atoms with E-state index in [2.05, 4.69) is 26.1 Å². The summed E-state index contributed by atoms with van der Waals surface area (Å²) in [5.41, 5.74) is 3.29. The van der Waals surface area contributed by atoms with E-state index in [1.807, 2.05) is 17.8 Å². The SMILES string of the molecule is CCNC1c2c(F)ccc(C)c2CSC1C. The van der Waals surface area contributed by atoms with Gasteiger partial charge in [0.2, 0.25) is 0 Å². The van der Waals surface area contributed by atoms with Crippen molar-refractivity contribution in [3.63, 3.8) is 0 Å². The third-order valence-corrected chi connectivity index (χ3v) is 4.49. The van der Waals surface area contributed by atoms with E-state index < -0.39 is 0 Å². The first-order valence-electron chi connectivity index (χ1n) is 5.78. The summed E-state index contributed by atoms with van der Waals surface area (Å²) < 4.78 is 13.9. The normalized spacial score (nSPS) is 24.2. The lowest BCUT2D eigenvalue weighted by Gasteiger charge is -2.32. The molecule has 2 atom stereocenters. The lowest BCUT2D eigenvalue weighted by atomic mass is 9.94. The van der Waals surface area contributed by atoms with E-state index in [1.165, 1.54) is 11.1 Å². The van der Waals surface area contributed by atoms with Gasteiger partial charge in [-0.3, -0.25) is 0 Å². The maximum atomic E-state index is 13.9. The van der Waals surface area contributed by atoms with Gasteiger partial charge in [0, 0.05) is 22.6 Å². The van der Waals surface area contributed by atoms with Gasteiger partial charge in [0.1, 0.15) is 5.82 Å². The predicted octanol–water partition coefficient (Wildman–Crippen LogP) is 3.42. The zero-order valence-electron chi connectivity index (χ0n) is 10.0. The predicted molar refractivity (Wildman–Crippen MR) is 68.3 cm³/mol. The highest BCUT2D eigenvalue weighted by Gasteiger charge is 2.29. The number of nitrogens with one attached hydrogen (secondary N) is 1. The van der Waals surface area contributed by atoms with Crippen LogP contribution in [0.2, 0.25) is 0 Å². The monoisotopic (exact) mass is 239 g/mol. The number of aryl methyl sites for hydroxylation is 1. The fourth-order valence-electron chi connectivity index (χ4n) is 2.31. The van der Waals surface area contributed by atoms with Crippen LogP contribution in [0.5, 0.6) is 0 Å². The molecule has 2 rings (SSSR count). The van der Waals surface area contributed by atoms with Gasteiger partial charge < -0.3 is 5.32 Å². The fraction of sp³-hybridized carbons (Fsp3) is 0.538. The van der Waals surface area contributed by atoms with Crippen molar-refractivity contribution in [2.75, 3.05) is 6.54 Å². The van der Waals surface area contributed by atoms with Crippen molar-refractivity contribution in [3.8, 4) is 0 Å². The van der Waals surface area contributed by atoms with Gasteiger partial charge in [-0.2, -0.15) is 11.8 Å². The van der Waals surface area contributed by atoms with Crippen LogP contribution in [0.3, 0.4) is 0 Å². The highest BCUT2D eigenvalue weighted by atomic mass is 32.2. The summed E-state index contributed by atoms with van der Waals surface area (Å²) in [6.45, 7) is 7.18. The minimum absolute atomic E-state index is 0.0568. The summed E-state index contributed by atoms with van der Waals surface area (Å²) in [5.74, 6) is 0.876. The van der Waals surface area contributed by atoms with Crippen LogP contribution in [0, 0.1) is 12.7 Å². The Bertz CT molecular complexity index is 392. The van der Waals surface area contributed by atoms with Crippen molar-refractivity contribution in [3.05, 3.63) is 34.6 Å². The molecule has 0 bridgehead atoms. The largest absolute Gasteiger partial charge is 0.309 e. The molecule has 1 heterocycles. The van der Waals surface area contributed by atoms with Gasteiger partial charge in [0.05, 0.1) is 0 Å². The molecule has 1 nitrogen and oxygen atoms in total. The third-order valence-electron chi connectivity index (χ3n) is 3.23. The lowest BCUT2D eigenvalue weighted by molar-refractivity contribution is 0.500. The number of rotatable bonds is 2. The standard InChI is InChI=1S/C13H18FNS/c1-4-15-13-9(3)16-7-10-8(2)5-6-11(14)12(10)13/h5-6,9,13,15H,4,7H2,1-3H3. The molecule has 1 N–H and O–H groups in total. The topological polar surface area (TPSA) is 12.0 Å². The number of fused-ring (bicyclic) bond motifs is 1. The number of thioether (sulfide) groups is 1. The van der Waals surface area contributed by atoms with E-state index in [1.54, 1.807) is 6.07 Å². The Morgan fingerprint density at radius 3 is 2.94 bits per heavy atom. The zero-order valence-corrected chi connectivity index (χ0v) is 10.8. The zero-order chi connectivity index (χ0) is 11.7. The van der Waals surface area contributed by atoms with E-state index in [0.717, 1.165) is 17.9 Å². The Morgan fingerprint density at radius 2 is 2.25 bits per heavy atom. The van der Waals surface area contributed by atoms with Crippen molar-refractivity contribution in [1.29, 1.82) is 0 Å². The molecule has 88 valence electrons. The molecule has 0 spiro atoms. The molecule has 0 aliphatic carbocycles. The van der Waals surface area contributed by atoms with E-state index in [-0.39, 0.29) is 11.9 Å². The fourth-order valence-corrected chi connectivity index (χ4v) is 3.54. The van der Waals surface area contributed by atoms with Crippen LogP contribution in [0.4, 0.5) is 4.39 Å². The molecule has 0 amide bonds. The Balaban J connectivity index is 2.49. The molecule has 3 heteroatoms. The summed E-state index contributed by atoms with van der Waals surface area (Å²) in [4.78, 5) is 0. The Hall–Kier alpha value is -0.540. The van der Waals surface area contributed by atoms with Gasteiger partial charge in [-0.25, -0.2) is 4.39 Å². The van der Waals surface area contributed by atoms with E-state index in [4.69, 9.17) is 0 Å². The average Bonchev–Trinajstić information content (AvgIpc) is 2.27. The summed E-state index contributed by atoms with van der Waals surface area (Å²) in [7, 11) is 0. The van der Waals surface area contributed by atoms with Gasteiger partial charge in [-0.15, -0.1) is 0 Å². The molecular weight excluding hydrogens is 221 g/mol. The molecular formula is C13H18FNS. The second-order valence-electron chi connectivity index (χ2n) is 4.31. The van der Waals surface area contributed by atoms with Gasteiger partial charge in [0.25, 0.3) is 0 Å².